The second kappa shape index (κ2) is 7.45. The van der Waals surface area contributed by atoms with E-state index in [-0.39, 0.29) is 11.2 Å². The lowest BCUT2D eigenvalue weighted by Gasteiger charge is -2.32. The number of hydrogen-bond donors (Lipinski definition) is 0. The molecule has 0 spiro atoms. The first kappa shape index (κ1) is 16.5. The van der Waals surface area contributed by atoms with Crippen molar-refractivity contribution in [2.45, 2.75) is 30.9 Å². The molecular weight excluding hydrogens is 326 g/mol. The topological polar surface area (TPSA) is 46.1 Å². The van der Waals surface area contributed by atoms with E-state index < -0.39 is 0 Å². The second-order valence-corrected chi connectivity index (χ2v) is 7.85. The first-order valence-corrected chi connectivity index (χ1v) is 10.0. The Morgan fingerprint density at radius 3 is 2.70 bits per heavy atom. The van der Waals surface area contributed by atoms with Crippen molar-refractivity contribution >= 4 is 29.0 Å². The largest absolute Gasteiger partial charge is 0.342 e. The monoisotopic (exact) mass is 347 g/mol. The minimum absolute atomic E-state index is 0.0599. The average Bonchev–Trinajstić information content (AvgIpc) is 3.11. The van der Waals surface area contributed by atoms with Gasteiger partial charge in [0.15, 0.2) is 0 Å². The summed E-state index contributed by atoms with van der Waals surface area (Å²) in [6.07, 6.45) is 7.61. The number of aromatic nitrogens is 2. The molecule has 1 atom stereocenters. The van der Waals surface area contributed by atoms with E-state index in [4.69, 9.17) is 4.98 Å². The molecular formula is C17H21N3OS2. The van der Waals surface area contributed by atoms with Gasteiger partial charge < -0.3 is 4.90 Å². The summed E-state index contributed by atoms with van der Waals surface area (Å²) in [5.41, 5.74) is 2.14. The van der Waals surface area contributed by atoms with E-state index in [1.807, 2.05) is 30.2 Å². The highest BCUT2D eigenvalue weighted by atomic mass is 32.2. The van der Waals surface area contributed by atoms with Crippen LogP contribution in [0.5, 0.6) is 0 Å². The van der Waals surface area contributed by atoms with E-state index in [1.165, 1.54) is 5.01 Å². The van der Waals surface area contributed by atoms with Gasteiger partial charge in [-0.05, 0) is 38.2 Å². The van der Waals surface area contributed by atoms with E-state index in [2.05, 4.69) is 10.4 Å². The highest BCUT2D eigenvalue weighted by molar-refractivity contribution is 7.99. The maximum Gasteiger partial charge on any atom is 0.235 e. The van der Waals surface area contributed by atoms with Gasteiger partial charge in [-0.2, -0.15) is 11.8 Å². The zero-order valence-electron chi connectivity index (χ0n) is 13.4. The third kappa shape index (κ3) is 3.75. The molecule has 23 heavy (non-hydrogen) atoms. The Bertz CT molecular complexity index is 651. The molecule has 1 unspecified atom stereocenters. The van der Waals surface area contributed by atoms with E-state index >= 15 is 0 Å². The van der Waals surface area contributed by atoms with E-state index in [0.29, 0.717) is 5.92 Å². The van der Waals surface area contributed by atoms with Gasteiger partial charge in [0, 0.05) is 42.3 Å². The Kier molecular flexibility index (Phi) is 5.33. The Morgan fingerprint density at radius 1 is 1.35 bits per heavy atom. The molecule has 0 bridgehead atoms. The van der Waals surface area contributed by atoms with Gasteiger partial charge in [-0.1, -0.05) is 0 Å². The van der Waals surface area contributed by atoms with Crippen LogP contribution in [0.25, 0.3) is 11.3 Å². The van der Waals surface area contributed by atoms with E-state index in [9.17, 15) is 4.79 Å². The Morgan fingerprint density at radius 2 is 2.04 bits per heavy atom. The molecule has 0 aromatic carbocycles. The van der Waals surface area contributed by atoms with Crippen LogP contribution in [0.4, 0.5) is 0 Å². The summed E-state index contributed by atoms with van der Waals surface area (Å²) in [6.45, 7) is 3.68. The van der Waals surface area contributed by atoms with Gasteiger partial charge in [0.05, 0.1) is 16.0 Å². The lowest BCUT2D eigenvalue weighted by molar-refractivity contribution is -0.131. The van der Waals surface area contributed by atoms with Crippen LogP contribution in [0.3, 0.4) is 0 Å². The second-order valence-electron chi connectivity index (χ2n) is 5.78. The van der Waals surface area contributed by atoms with Crippen molar-refractivity contribution in [3.05, 3.63) is 34.9 Å². The molecule has 122 valence electrons. The van der Waals surface area contributed by atoms with Gasteiger partial charge in [0.1, 0.15) is 0 Å². The van der Waals surface area contributed by atoms with Crippen LogP contribution in [-0.2, 0) is 4.79 Å². The zero-order chi connectivity index (χ0) is 16.2. The molecule has 0 saturated carbocycles. The Hall–Kier alpha value is -1.40. The fraction of sp³-hybridized carbons (Fsp3) is 0.471. The van der Waals surface area contributed by atoms with Crippen molar-refractivity contribution in [2.75, 3.05) is 19.3 Å². The molecule has 4 nitrogen and oxygen atoms in total. The summed E-state index contributed by atoms with van der Waals surface area (Å²) in [6, 6.07) is 3.98. The summed E-state index contributed by atoms with van der Waals surface area (Å²) >= 11 is 3.35. The highest BCUT2D eigenvalue weighted by Crippen LogP contribution is 2.33. The van der Waals surface area contributed by atoms with E-state index in [1.54, 1.807) is 35.5 Å². The number of piperidine rings is 1. The number of amides is 1. The van der Waals surface area contributed by atoms with Crippen LogP contribution in [-0.4, -0.2) is 45.4 Å². The highest BCUT2D eigenvalue weighted by Gasteiger charge is 2.27. The van der Waals surface area contributed by atoms with Crippen molar-refractivity contribution in [2.24, 2.45) is 0 Å². The van der Waals surface area contributed by atoms with E-state index in [0.717, 1.165) is 37.2 Å². The maximum atomic E-state index is 12.2. The fourth-order valence-electron chi connectivity index (χ4n) is 2.84. The molecule has 2 aromatic heterocycles. The molecule has 1 aliphatic heterocycles. The lowest BCUT2D eigenvalue weighted by atomic mass is 9.97. The normalized spacial score (nSPS) is 17.2. The summed E-state index contributed by atoms with van der Waals surface area (Å²) < 4.78 is 0. The van der Waals surface area contributed by atoms with Gasteiger partial charge in [-0.15, -0.1) is 11.3 Å². The van der Waals surface area contributed by atoms with Crippen molar-refractivity contribution in [3.8, 4) is 11.3 Å². The standard InChI is InChI=1S/C17H21N3OS2/c1-12(22-2)17(21)20-9-5-14(6-10-20)16-19-15(11-23-16)13-3-7-18-8-4-13/h3-4,7-8,11-12,14H,5-6,9-10H2,1-2H3. The van der Waals surface area contributed by atoms with Gasteiger partial charge in [0.25, 0.3) is 0 Å². The number of likely N-dealkylation sites (tertiary alicyclic amines) is 1. The predicted molar refractivity (Wildman–Crippen MR) is 96.9 cm³/mol. The van der Waals surface area contributed by atoms with Crippen LogP contribution in [0, 0.1) is 0 Å². The van der Waals surface area contributed by atoms with Crippen molar-refractivity contribution < 1.29 is 4.79 Å². The molecule has 0 N–H and O–H groups in total. The molecule has 3 heterocycles. The smallest absolute Gasteiger partial charge is 0.235 e. The van der Waals surface area contributed by atoms with Gasteiger partial charge >= 0.3 is 0 Å². The molecule has 1 aliphatic rings. The van der Waals surface area contributed by atoms with Crippen LogP contribution >= 0.6 is 23.1 Å². The maximum absolute atomic E-state index is 12.2. The van der Waals surface area contributed by atoms with Gasteiger partial charge in [-0.3, -0.25) is 9.78 Å². The number of rotatable bonds is 4. The van der Waals surface area contributed by atoms with Gasteiger partial charge in [0.2, 0.25) is 5.91 Å². The number of carbonyl (C=O) groups excluding carboxylic acids is 1. The van der Waals surface area contributed by atoms with Crippen molar-refractivity contribution in [1.82, 2.24) is 14.9 Å². The molecule has 1 saturated heterocycles. The first-order valence-electron chi connectivity index (χ1n) is 7.86. The van der Waals surface area contributed by atoms with Gasteiger partial charge in [-0.25, -0.2) is 4.98 Å². The Labute approximate surface area is 145 Å². The SMILES string of the molecule is CSC(C)C(=O)N1CCC(c2nc(-c3ccncc3)cs2)CC1. The molecule has 1 fully saturated rings. The average molecular weight is 348 g/mol. The predicted octanol–water partition coefficient (Wildman–Crippen LogP) is 3.66. The molecule has 3 rings (SSSR count). The quantitative estimate of drug-likeness (QED) is 0.847. The summed E-state index contributed by atoms with van der Waals surface area (Å²) in [5, 5.41) is 3.38. The minimum atomic E-state index is 0.0599. The van der Waals surface area contributed by atoms with Crippen LogP contribution in [0.15, 0.2) is 29.9 Å². The van der Waals surface area contributed by atoms with Crippen LogP contribution in [0.1, 0.15) is 30.7 Å². The lowest BCUT2D eigenvalue weighted by Crippen LogP contribution is -2.41. The summed E-state index contributed by atoms with van der Waals surface area (Å²) in [5.74, 6) is 0.747. The van der Waals surface area contributed by atoms with Crippen LogP contribution < -0.4 is 0 Å². The molecule has 6 heteroatoms. The first-order chi connectivity index (χ1) is 11.2. The number of thioether (sulfide) groups is 1. The number of pyridine rings is 1. The number of carbonyl (C=O) groups is 1. The number of nitrogens with zero attached hydrogens (tertiary/aromatic N) is 3. The zero-order valence-corrected chi connectivity index (χ0v) is 15.1. The third-order valence-electron chi connectivity index (χ3n) is 4.36. The fourth-order valence-corrected chi connectivity index (χ4v) is 4.19. The molecule has 0 aliphatic carbocycles. The van der Waals surface area contributed by atoms with Crippen molar-refractivity contribution in [3.63, 3.8) is 0 Å². The van der Waals surface area contributed by atoms with Crippen LogP contribution in [0.2, 0.25) is 0 Å². The third-order valence-corrected chi connectivity index (χ3v) is 6.27. The van der Waals surface area contributed by atoms with Crippen molar-refractivity contribution in [1.29, 1.82) is 0 Å². The summed E-state index contributed by atoms with van der Waals surface area (Å²) in [7, 11) is 0. The molecule has 2 aromatic rings. The number of hydrogen-bond acceptors (Lipinski definition) is 5. The molecule has 0 radical (unpaired) electrons. The summed E-state index contributed by atoms with van der Waals surface area (Å²) in [4.78, 5) is 23.1. The molecule has 1 amide bonds. The Balaban J connectivity index is 1.62. The number of thiazole rings is 1. The minimum Gasteiger partial charge on any atom is -0.342 e.